The standard InChI is InChI=1S/C29H38FN6O2/c1-18(20-5-4-10-38-16-20)22-11-23-24(30)12-21(13-25(23)31-14-22)26-27-28(36(2,3)17-32-27)34-29(33-26)35-8-6-19(15-37)7-9-35/h12-14,17-20,22,37H,4-11,15-16H2,1-3H3/q+1. The normalized spacial score (nSPS) is 25.3. The van der Waals surface area contributed by atoms with Crippen LogP contribution in [0.3, 0.4) is 0 Å². The van der Waals surface area contributed by atoms with Crippen LogP contribution in [0.5, 0.6) is 0 Å². The molecule has 2 saturated heterocycles. The first-order valence-electron chi connectivity index (χ1n) is 14.0. The Kier molecular flexibility index (Phi) is 6.78. The van der Waals surface area contributed by atoms with E-state index in [2.05, 4.69) is 16.8 Å². The summed E-state index contributed by atoms with van der Waals surface area (Å²) < 4.78 is 21.8. The number of hydrogen-bond acceptors (Lipinski definition) is 7. The van der Waals surface area contributed by atoms with Gasteiger partial charge in [-0.3, -0.25) is 4.99 Å². The molecule has 0 radical (unpaired) electrons. The van der Waals surface area contributed by atoms with E-state index in [9.17, 15) is 5.11 Å². The van der Waals surface area contributed by atoms with Gasteiger partial charge in [0.05, 0.1) is 19.8 Å². The number of ether oxygens (including phenoxy) is 1. The van der Waals surface area contributed by atoms with Gasteiger partial charge in [0.2, 0.25) is 5.95 Å². The number of piperidine rings is 1. The molecule has 2 aromatic rings. The number of halogens is 1. The third-order valence-electron chi connectivity index (χ3n) is 8.94. The van der Waals surface area contributed by atoms with Crippen LogP contribution in [0.15, 0.2) is 22.1 Å². The van der Waals surface area contributed by atoms with E-state index in [1.807, 2.05) is 32.7 Å². The fourth-order valence-electron chi connectivity index (χ4n) is 6.26. The number of rotatable bonds is 5. The largest absolute Gasteiger partial charge is 0.396 e. The van der Waals surface area contributed by atoms with Crippen molar-refractivity contribution in [2.45, 2.75) is 39.0 Å². The summed E-state index contributed by atoms with van der Waals surface area (Å²) in [6.45, 7) is 5.66. The molecule has 1 aromatic heterocycles. The van der Waals surface area contributed by atoms with Gasteiger partial charge < -0.3 is 14.7 Å². The summed E-state index contributed by atoms with van der Waals surface area (Å²) in [5.41, 5.74) is 3.36. The number of aliphatic imine (C=N–C) groups is 2. The Morgan fingerprint density at radius 2 is 1.97 bits per heavy atom. The predicted octanol–water partition coefficient (Wildman–Crippen LogP) is 4.67. The van der Waals surface area contributed by atoms with E-state index in [0.717, 1.165) is 57.8 Å². The van der Waals surface area contributed by atoms with E-state index < -0.39 is 0 Å². The summed E-state index contributed by atoms with van der Waals surface area (Å²) in [6.07, 6.45) is 8.57. The van der Waals surface area contributed by atoms with Crippen LogP contribution in [0.25, 0.3) is 11.3 Å². The molecule has 0 spiro atoms. The van der Waals surface area contributed by atoms with Crippen molar-refractivity contribution < 1.29 is 14.2 Å². The lowest BCUT2D eigenvalue weighted by atomic mass is 9.77. The maximum Gasteiger partial charge on any atom is 0.265 e. The summed E-state index contributed by atoms with van der Waals surface area (Å²) in [6, 6.07) is 3.56. The fraction of sp³-hybridized carbons (Fsp3) is 0.586. The second-order valence-electron chi connectivity index (χ2n) is 11.9. The molecule has 6 rings (SSSR count). The monoisotopic (exact) mass is 521 g/mol. The van der Waals surface area contributed by atoms with Crippen LogP contribution < -0.4 is 9.38 Å². The lowest BCUT2D eigenvalue weighted by molar-refractivity contribution is 0.0276. The summed E-state index contributed by atoms with van der Waals surface area (Å²) >= 11 is 0. The zero-order chi connectivity index (χ0) is 26.4. The number of aliphatic hydroxyl groups excluding tert-OH is 1. The average molecular weight is 522 g/mol. The Labute approximate surface area is 223 Å². The maximum absolute atomic E-state index is 15.7. The highest BCUT2D eigenvalue weighted by atomic mass is 19.1. The molecule has 3 atom stereocenters. The third kappa shape index (κ3) is 4.65. The third-order valence-corrected chi connectivity index (χ3v) is 8.94. The molecule has 4 aliphatic heterocycles. The maximum atomic E-state index is 15.7. The van der Waals surface area contributed by atoms with E-state index in [0.29, 0.717) is 62.8 Å². The molecular weight excluding hydrogens is 483 g/mol. The van der Waals surface area contributed by atoms with Gasteiger partial charge in [-0.1, -0.05) is 6.92 Å². The van der Waals surface area contributed by atoms with Gasteiger partial charge in [0.25, 0.3) is 5.82 Å². The van der Waals surface area contributed by atoms with Crippen molar-refractivity contribution in [2.24, 2.45) is 33.7 Å². The number of quaternary nitrogens is 1. The molecule has 0 bridgehead atoms. The van der Waals surface area contributed by atoms with Crippen molar-refractivity contribution in [3.8, 4) is 11.3 Å². The first kappa shape index (κ1) is 25.5. The SMILES string of the molecule is CC(C1C=Nc2cc(-c3nc(N4CCC(CO)CC4)nc4c3N=C[N+]4(C)C)cc(F)c2C1)C1CCCOC1. The summed E-state index contributed by atoms with van der Waals surface area (Å²) in [5, 5.41) is 9.55. The second kappa shape index (κ2) is 10.1. The van der Waals surface area contributed by atoms with Crippen LogP contribution in [0.4, 0.5) is 27.5 Å². The number of aliphatic hydroxyl groups is 1. The van der Waals surface area contributed by atoms with Crippen molar-refractivity contribution in [1.29, 1.82) is 0 Å². The average Bonchev–Trinajstić information content (AvgIpc) is 3.26. The van der Waals surface area contributed by atoms with Crippen molar-refractivity contribution >= 4 is 35.7 Å². The zero-order valence-electron chi connectivity index (χ0n) is 22.6. The predicted molar refractivity (Wildman–Crippen MR) is 149 cm³/mol. The molecule has 3 unspecified atom stereocenters. The van der Waals surface area contributed by atoms with Gasteiger partial charge in [0.1, 0.15) is 11.5 Å². The minimum atomic E-state index is -0.236. The van der Waals surface area contributed by atoms with Crippen LogP contribution in [0.1, 0.15) is 38.2 Å². The Hall–Kier alpha value is -2.75. The highest BCUT2D eigenvalue weighted by Gasteiger charge is 2.36. The Morgan fingerprint density at radius 1 is 1.16 bits per heavy atom. The zero-order valence-corrected chi connectivity index (χ0v) is 22.6. The molecule has 8 nitrogen and oxygen atoms in total. The number of fused-ring (bicyclic) bond motifs is 2. The van der Waals surface area contributed by atoms with Crippen LogP contribution in [-0.4, -0.2) is 74.6 Å². The number of benzene rings is 1. The molecule has 0 saturated carbocycles. The van der Waals surface area contributed by atoms with Crippen LogP contribution in [0.2, 0.25) is 0 Å². The lowest BCUT2D eigenvalue weighted by Gasteiger charge is -2.33. The molecule has 0 amide bonds. The summed E-state index contributed by atoms with van der Waals surface area (Å²) in [4.78, 5) is 21.5. The molecule has 9 heteroatoms. The topological polar surface area (TPSA) is 83.2 Å². The highest BCUT2D eigenvalue weighted by Crippen LogP contribution is 2.45. The van der Waals surface area contributed by atoms with Gasteiger partial charge in [-0.2, -0.15) is 9.98 Å². The summed E-state index contributed by atoms with van der Waals surface area (Å²) in [7, 11) is 4.06. The van der Waals surface area contributed by atoms with E-state index >= 15 is 4.39 Å². The molecule has 1 aromatic carbocycles. The molecule has 202 valence electrons. The lowest BCUT2D eigenvalue weighted by Crippen LogP contribution is -2.39. The molecule has 2 fully saturated rings. The van der Waals surface area contributed by atoms with Gasteiger partial charge >= 0.3 is 0 Å². The van der Waals surface area contributed by atoms with Crippen LogP contribution >= 0.6 is 0 Å². The molecule has 1 N–H and O–H groups in total. The quantitative estimate of drug-likeness (QED) is 0.579. The van der Waals surface area contributed by atoms with Gasteiger partial charge in [-0.25, -0.2) is 13.9 Å². The Balaban J connectivity index is 1.33. The molecule has 4 aliphatic rings. The van der Waals surface area contributed by atoms with Gasteiger partial charge in [-0.15, -0.1) is 0 Å². The Morgan fingerprint density at radius 3 is 2.71 bits per heavy atom. The van der Waals surface area contributed by atoms with E-state index in [1.54, 1.807) is 6.07 Å². The van der Waals surface area contributed by atoms with Crippen LogP contribution in [0, 0.1) is 29.5 Å². The number of nitrogens with zero attached hydrogens (tertiary/aromatic N) is 6. The minimum Gasteiger partial charge on any atom is -0.396 e. The number of aromatic nitrogens is 2. The molecule has 38 heavy (non-hydrogen) atoms. The van der Waals surface area contributed by atoms with E-state index in [1.165, 1.54) is 0 Å². The van der Waals surface area contributed by atoms with Crippen LogP contribution in [-0.2, 0) is 11.2 Å². The van der Waals surface area contributed by atoms with Crippen molar-refractivity contribution in [3.63, 3.8) is 0 Å². The number of anilines is 1. The smallest absolute Gasteiger partial charge is 0.265 e. The summed E-state index contributed by atoms with van der Waals surface area (Å²) in [5.74, 6) is 2.61. The highest BCUT2D eigenvalue weighted by molar-refractivity contribution is 5.94. The van der Waals surface area contributed by atoms with Crippen molar-refractivity contribution in [1.82, 2.24) is 14.5 Å². The van der Waals surface area contributed by atoms with Crippen molar-refractivity contribution in [2.75, 3.05) is 51.9 Å². The fourth-order valence-corrected chi connectivity index (χ4v) is 6.26. The molecule has 5 heterocycles. The van der Waals surface area contributed by atoms with E-state index in [4.69, 9.17) is 19.7 Å². The first-order valence-corrected chi connectivity index (χ1v) is 14.0. The van der Waals surface area contributed by atoms with Gasteiger partial charge in [0, 0.05) is 56.2 Å². The number of hydrogen-bond donors (Lipinski definition) is 1. The molecular formula is C29H38FN6O2+. The van der Waals surface area contributed by atoms with E-state index in [-0.39, 0.29) is 18.3 Å². The van der Waals surface area contributed by atoms with Gasteiger partial charge in [-0.05, 0) is 62.0 Å². The van der Waals surface area contributed by atoms with Gasteiger partial charge in [0.15, 0.2) is 12.0 Å². The Bertz CT molecular complexity index is 1260. The molecule has 0 aliphatic carbocycles. The second-order valence-corrected chi connectivity index (χ2v) is 11.9. The first-order chi connectivity index (χ1) is 18.3. The van der Waals surface area contributed by atoms with Crippen molar-refractivity contribution in [3.05, 3.63) is 23.5 Å². The minimum absolute atomic E-state index is 0.203.